The van der Waals surface area contributed by atoms with Gasteiger partial charge in [0.25, 0.3) is 0 Å². The van der Waals surface area contributed by atoms with E-state index in [-0.39, 0.29) is 12.1 Å². The van der Waals surface area contributed by atoms with Gasteiger partial charge in [0.2, 0.25) is 0 Å². The van der Waals surface area contributed by atoms with Crippen molar-refractivity contribution in [2.45, 2.75) is 24.0 Å². The van der Waals surface area contributed by atoms with E-state index in [9.17, 15) is 0 Å². The third-order valence-corrected chi connectivity index (χ3v) is 4.78. The topological polar surface area (TPSA) is 86.2 Å². The number of aryl methyl sites for hydroxylation is 1. The number of hydrogen-bond acceptors (Lipinski definition) is 6. The van der Waals surface area contributed by atoms with Crippen LogP contribution in [-0.4, -0.2) is 16.8 Å². The highest BCUT2D eigenvalue weighted by Gasteiger charge is 2.31. The van der Waals surface area contributed by atoms with Gasteiger partial charge >= 0.3 is 0 Å². The Morgan fingerprint density at radius 2 is 2.19 bits per heavy atom. The van der Waals surface area contributed by atoms with E-state index in [2.05, 4.69) is 16.5 Å². The predicted molar refractivity (Wildman–Crippen MR) is 85.0 cm³/mol. The fraction of sp³-hybridized carbons (Fsp3) is 0.267. The molecule has 2 unspecified atom stereocenters. The van der Waals surface area contributed by atoms with E-state index in [0.717, 1.165) is 27.5 Å². The van der Waals surface area contributed by atoms with Crippen molar-refractivity contribution in [2.75, 3.05) is 11.5 Å². The smallest absolute Gasteiger partial charge is 0.133 e. The summed E-state index contributed by atoms with van der Waals surface area (Å²) in [4.78, 5) is 5.32. The number of hydrazine groups is 1. The molecule has 0 amide bonds. The molecular formula is C15H18N4OS. The molecule has 0 aliphatic carbocycles. The minimum absolute atomic E-state index is 0.0971. The lowest BCUT2D eigenvalue weighted by atomic mass is 9.99. The lowest BCUT2D eigenvalue weighted by Gasteiger charge is -2.32. The summed E-state index contributed by atoms with van der Waals surface area (Å²) < 4.78 is 6.10. The summed E-state index contributed by atoms with van der Waals surface area (Å²) in [7, 11) is 0. The number of aromatic nitrogens is 1. The lowest BCUT2D eigenvalue weighted by Crippen LogP contribution is -2.42. The number of nitrogens with one attached hydrogen (secondary N) is 1. The summed E-state index contributed by atoms with van der Waals surface area (Å²) in [5.41, 5.74) is 10.8. The number of rotatable bonds is 3. The van der Waals surface area contributed by atoms with Gasteiger partial charge in [0.1, 0.15) is 17.7 Å². The van der Waals surface area contributed by atoms with E-state index >= 15 is 0 Å². The van der Waals surface area contributed by atoms with Crippen LogP contribution in [0.2, 0.25) is 0 Å². The Bertz CT molecular complexity index is 629. The maximum absolute atomic E-state index is 6.10. The van der Waals surface area contributed by atoms with Crippen LogP contribution >= 0.6 is 11.8 Å². The molecular weight excluding hydrogens is 284 g/mol. The molecule has 0 saturated carbocycles. The van der Waals surface area contributed by atoms with Gasteiger partial charge in [0.05, 0.1) is 6.04 Å². The number of ether oxygens (including phenoxy) is 1. The minimum atomic E-state index is -0.195. The van der Waals surface area contributed by atoms with Gasteiger partial charge in [-0.3, -0.25) is 5.84 Å². The predicted octanol–water partition coefficient (Wildman–Crippen LogP) is 2.03. The first kappa shape index (κ1) is 14.2. The number of nitrogens with zero attached hydrogens (tertiary/aromatic N) is 1. The van der Waals surface area contributed by atoms with Crippen LogP contribution in [0.5, 0.6) is 5.75 Å². The number of para-hydroxylation sites is 1. The molecule has 3 rings (SSSR count). The number of fused-ring (bicyclic) bond motifs is 1. The second-order valence-corrected chi connectivity index (χ2v) is 6.05. The normalized spacial score (nSPS) is 18.7. The molecule has 1 aliphatic rings. The maximum atomic E-state index is 6.10. The molecule has 0 saturated heterocycles. The molecule has 0 fully saturated rings. The monoisotopic (exact) mass is 302 g/mol. The zero-order valence-corrected chi connectivity index (χ0v) is 12.6. The first-order chi connectivity index (χ1) is 10.2. The SMILES string of the molecule is Cc1ccnc(N)c1C(NN)C1CSc2ccccc2O1. The van der Waals surface area contributed by atoms with E-state index in [1.807, 2.05) is 31.2 Å². The van der Waals surface area contributed by atoms with Crippen LogP contribution in [0.1, 0.15) is 17.2 Å². The molecule has 0 spiro atoms. The molecule has 5 N–H and O–H groups in total. The van der Waals surface area contributed by atoms with Gasteiger partial charge in [0.15, 0.2) is 0 Å². The Morgan fingerprint density at radius 3 is 2.95 bits per heavy atom. The quantitative estimate of drug-likeness (QED) is 0.594. The molecule has 2 heterocycles. The zero-order valence-electron chi connectivity index (χ0n) is 11.7. The molecule has 5 nitrogen and oxygen atoms in total. The Hall–Kier alpha value is -1.76. The molecule has 6 heteroatoms. The fourth-order valence-electron chi connectivity index (χ4n) is 2.57. The van der Waals surface area contributed by atoms with Crippen molar-refractivity contribution < 1.29 is 4.74 Å². The van der Waals surface area contributed by atoms with E-state index in [0.29, 0.717) is 5.82 Å². The van der Waals surface area contributed by atoms with E-state index < -0.39 is 0 Å². The summed E-state index contributed by atoms with van der Waals surface area (Å²) in [6, 6.07) is 9.75. The molecule has 1 aromatic carbocycles. The zero-order chi connectivity index (χ0) is 14.8. The van der Waals surface area contributed by atoms with Crippen LogP contribution in [0.3, 0.4) is 0 Å². The van der Waals surface area contributed by atoms with Crippen molar-refractivity contribution in [3.8, 4) is 5.75 Å². The van der Waals surface area contributed by atoms with Crippen molar-refractivity contribution in [2.24, 2.45) is 5.84 Å². The van der Waals surface area contributed by atoms with E-state index in [1.54, 1.807) is 18.0 Å². The van der Waals surface area contributed by atoms with Crippen molar-refractivity contribution in [1.82, 2.24) is 10.4 Å². The molecule has 21 heavy (non-hydrogen) atoms. The second kappa shape index (κ2) is 5.93. The maximum Gasteiger partial charge on any atom is 0.133 e. The number of benzene rings is 1. The van der Waals surface area contributed by atoms with Crippen LogP contribution in [0.15, 0.2) is 41.4 Å². The van der Waals surface area contributed by atoms with Gasteiger partial charge in [-0.25, -0.2) is 10.4 Å². The highest BCUT2D eigenvalue weighted by Crippen LogP contribution is 2.39. The first-order valence-electron chi connectivity index (χ1n) is 6.76. The van der Waals surface area contributed by atoms with Crippen LogP contribution in [0.25, 0.3) is 0 Å². The fourth-order valence-corrected chi connectivity index (χ4v) is 3.61. The average molecular weight is 302 g/mol. The lowest BCUT2D eigenvalue weighted by molar-refractivity contribution is 0.166. The van der Waals surface area contributed by atoms with Gasteiger partial charge in [-0.2, -0.15) is 0 Å². The second-order valence-electron chi connectivity index (χ2n) is 4.99. The third-order valence-electron chi connectivity index (χ3n) is 3.63. The Labute approximate surface area is 128 Å². The molecule has 2 atom stereocenters. The Morgan fingerprint density at radius 1 is 1.38 bits per heavy atom. The van der Waals surface area contributed by atoms with Gasteiger partial charge in [-0.15, -0.1) is 11.8 Å². The molecule has 2 aromatic rings. The number of anilines is 1. The number of nitrogen functional groups attached to an aromatic ring is 1. The number of pyridine rings is 1. The number of nitrogens with two attached hydrogens (primary N) is 2. The molecule has 110 valence electrons. The van der Waals surface area contributed by atoms with Gasteiger partial charge < -0.3 is 10.5 Å². The molecule has 0 radical (unpaired) electrons. The van der Waals surface area contributed by atoms with Crippen LogP contribution in [0, 0.1) is 6.92 Å². The van der Waals surface area contributed by atoms with Crippen LogP contribution < -0.4 is 21.7 Å². The standard InChI is InChI=1S/C15H18N4OS/c1-9-6-7-18-15(16)13(9)14(19-17)11-8-21-12-5-3-2-4-10(12)20-11/h2-7,11,14,19H,8,17H2,1H3,(H2,16,18). The summed E-state index contributed by atoms with van der Waals surface area (Å²) in [6.07, 6.45) is 1.60. The summed E-state index contributed by atoms with van der Waals surface area (Å²) in [5.74, 6) is 7.96. The van der Waals surface area contributed by atoms with Crippen molar-refractivity contribution in [3.63, 3.8) is 0 Å². The van der Waals surface area contributed by atoms with Crippen molar-refractivity contribution in [3.05, 3.63) is 47.7 Å². The minimum Gasteiger partial charge on any atom is -0.486 e. The summed E-state index contributed by atoms with van der Waals surface area (Å²) >= 11 is 1.77. The first-order valence-corrected chi connectivity index (χ1v) is 7.75. The summed E-state index contributed by atoms with van der Waals surface area (Å²) in [6.45, 7) is 2.00. The molecule has 1 aliphatic heterocycles. The third kappa shape index (κ3) is 2.70. The van der Waals surface area contributed by atoms with E-state index in [4.69, 9.17) is 16.3 Å². The number of thioether (sulfide) groups is 1. The van der Waals surface area contributed by atoms with Crippen LogP contribution in [-0.2, 0) is 0 Å². The highest BCUT2D eigenvalue weighted by molar-refractivity contribution is 7.99. The summed E-state index contributed by atoms with van der Waals surface area (Å²) in [5, 5.41) is 0. The van der Waals surface area contributed by atoms with Crippen molar-refractivity contribution in [1.29, 1.82) is 0 Å². The molecule has 1 aromatic heterocycles. The molecule has 0 bridgehead atoms. The van der Waals surface area contributed by atoms with Crippen LogP contribution in [0.4, 0.5) is 5.82 Å². The highest BCUT2D eigenvalue weighted by atomic mass is 32.2. The van der Waals surface area contributed by atoms with Gasteiger partial charge in [-0.05, 0) is 30.7 Å². The van der Waals surface area contributed by atoms with Gasteiger partial charge in [0, 0.05) is 22.4 Å². The largest absolute Gasteiger partial charge is 0.486 e. The Kier molecular flexibility index (Phi) is 4.01. The number of hydrogen-bond donors (Lipinski definition) is 3. The Balaban J connectivity index is 1.92. The van der Waals surface area contributed by atoms with Crippen molar-refractivity contribution >= 4 is 17.6 Å². The average Bonchev–Trinajstić information content (AvgIpc) is 2.50. The van der Waals surface area contributed by atoms with E-state index in [1.165, 1.54) is 0 Å². The van der Waals surface area contributed by atoms with Gasteiger partial charge in [-0.1, -0.05) is 12.1 Å².